The standard InChI is InChI=1S/C14H14BrClN2O3/c1-3-18-11(12(16)8(2)17-18)7-21-13-9(14(19)20)5-4-6-10(13)15/h4-6H,3,7H2,1-2H3,(H,19,20). The van der Waals surface area contributed by atoms with Crippen molar-refractivity contribution in [2.24, 2.45) is 0 Å². The van der Waals surface area contributed by atoms with Crippen LogP contribution in [-0.2, 0) is 13.2 Å². The smallest absolute Gasteiger partial charge is 0.339 e. The van der Waals surface area contributed by atoms with Gasteiger partial charge in [-0.05, 0) is 41.9 Å². The van der Waals surface area contributed by atoms with E-state index in [2.05, 4.69) is 21.0 Å². The van der Waals surface area contributed by atoms with Gasteiger partial charge in [-0.25, -0.2) is 4.79 Å². The summed E-state index contributed by atoms with van der Waals surface area (Å²) in [7, 11) is 0. The zero-order valence-electron chi connectivity index (χ0n) is 11.6. The Balaban J connectivity index is 2.31. The van der Waals surface area contributed by atoms with Crippen LogP contribution in [0.5, 0.6) is 5.75 Å². The predicted octanol–water partition coefficient (Wildman–Crippen LogP) is 3.90. The molecule has 1 aromatic heterocycles. The summed E-state index contributed by atoms with van der Waals surface area (Å²) in [6.45, 7) is 4.58. The molecule has 21 heavy (non-hydrogen) atoms. The predicted molar refractivity (Wildman–Crippen MR) is 83.1 cm³/mol. The molecule has 7 heteroatoms. The summed E-state index contributed by atoms with van der Waals surface area (Å²) in [4.78, 5) is 11.2. The first kappa shape index (κ1) is 15.9. The van der Waals surface area contributed by atoms with Gasteiger partial charge in [0.2, 0.25) is 0 Å². The minimum absolute atomic E-state index is 0.0970. The van der Waals surface area contributed by atoms with Crippen LogP contribution in [0, 0.1) is 6.92 Å². The van der Waals surface area contributed by atoms with Crippen LogP contribution in [0.4, 0.5) is 0 Å². The maximum atomic E-state index is 11.2. The molecule has 1 N–H and O–H groups in total. The van der Waals surface area contributed by atoms with E-state index in [0.29, 0.717) is 16.0 Å². The summed E-state index contributed by atoms with van der Waals surface area (Å²) in [6, 6.07) is 4.87. The number of halogens is 2. The van der Waals surface area contributed by atoms with Gasteiger partial charge >= 0.3 is 5.97 Å². The number of aromatic nitrogens is 2. The Labute approximate surface area is 135 Å². The highest BCUT2D eigenvalue weighted by atomic mass is 79.9. The van der Waals surface area contributed by atoms with Crippen molar-refractivity contribution in [3.8, 4) is 5.75 Å². The molecule has 0 saturated carbocycles. The third-order valence-electron chi connectivity index (χ3n) is 3.00. The fourth-order valence-electron chi connectivity index (χ4n) is 1.97. The van der Waals surface area contributed by atoms with Gasteiger partial charge in [0, 0.05) is 6.54 Å². The zero-order chi connectivity index (χ0) is 15.6. The maximum Gasteiger partial charge on any atom is 0.339 e. The Morgan fingerprint density at radius 3 is 2.86 bits per heavy atom. The second kappa shape index (κ2) is 6.49. The molecule has 0 spiro atoms. The highest BCUT2D eigenvalue weighted by Gasteiger charge is 2.17. The van der Waals surface area contributed by atoms with Crippen LogP contribution >= 0.6 is 27.5 Å². The van der Waals surface area contributed by atoms with Crippen LogP contribution in [0.25, 0.3) is 0 Å². The number of benzene rings is 1. The number of carbonyl (C=O) groups is 1. The van der Waals surface area contributed by atoms with Gasteiger partial charge in [-0.3, -0.25) is 4.68 Å². The van der Waals surface area contributed by atoms with Gasteiger partial charge in [-0.15, -0.1) is 0 Å². The summed E-state index contributed by atoms with van der Waals surface area (Å²) in [5, 5.41) is 14.0. The number of rotatable bonds is 5. The largest absolute Gasteiger partial charge is 0.485 e. The molecule has 0 aliphatic rings. The van der Waals surface area contributed by atoms with Crippen molar-refractivity contribution in [3.63, 3.8) is 0 Å². The van der Waals surface area contributed by atoms with E-state index in [0.717, 1.165) is 11.4 Å². The lowest BCUT2D eigenvalue weighted by Gasteiger charge is -2.12. The first-order valence-corrected chi connectivity index (χ1v) is 7.49. The van der Waals surface area contributed by atoms with Crippen molar-refractivity contribution in [1.29, 1.82) is 0 Å². The first-order chi connectivity index (χ1) is 9.95. The maximum absolute atomic E-state index is 11.2. The molecule has 112 valence electrons. The zero-order valence-corrected chi connectivity index (χ0v) is 13.9. The van der Waals surface area contributed by atoms with Crippen molar-refractivity contribution in [2.75, 3.05) is 0 Å². The van der Waals surface area contributed by atoms with E-state index in [1.54, 1.807) is 16.8 Å². The number of hydrogen-bond donors (Lipinski definition) is 1. The van der Waals surface area contributed by atoms with Crippen molar-refractivity contribution < 1.29 is 14.6 Å². The van der Waals surface area contributed by atoms with Gasteiger partial charge in [0.15, 0.2) is 0 Å². The Bertz CT molecular complexity index is 685. The number of hydrogen-bond acceptors (Lipinski definition) is 3. The number of nitrogens with zero attached hydrogens (tertiary/aromatic N) is 2. The third-order valence-corrected chi connectivity index (χ3v) is 4.12. The average molecular weight is 374 g/mol. The number of carboxylic acids is 1. The molecular formula is C14H14BrClN2O3. The second-order valence-electron chi connectivity index (χ2n) is 4.37. The normalized spacial score (nSPS) is 10.7. The highest BCUT2D eigenvalue weighted by molar-refractivity contribution is 9.10. The number of aryl methyl sites for hydroxylation is 2. The number of carboxylic acid groups (broad SMARTS) is 1. The summed E-state index contributed by atoms with van der Waals surface area (Å²) in [6.07, 6.45) is 0. The van der Waals surface area contributed by atoms with E-state index in [1.165, 1.54) is 6.07 Å². The molecule has 0 bridgehead atoms. The summed E-state index contributed by atoms with van der Waals surface area (Å²) < 4.78 is 8.01. The number of ether oxygens (including phenoxy) is 1. The highest BCUT2D eigenvalue weighted by Crippen LogP contribution is 2.31. The van der Waals surface area contributed by atoms with Gasteiger partial charge in [0.05, 0.1) is 20.9 Å². The Hall–Kier alpha value is -1.53. The van der Waals surface area contributed by atoms with Crippen molar-refractivity contribution >= 4 is 33.5 Å². The molecule has 1 aromatic carbocycles. The summed E-state index contributed by atoms with van der Waals surface area (Å²) in [5.41, 5.74) is 1.55. The summed E-state index contributed by atoms with van der Waals surface area (Å²) in [5.74, 6) is -0.764. The molecular weight excluding hydrogens is 360 g/mol. The molecule has 5 nitrogen and oxygen atoms in total. The first-order valence-electron chi connectivity index (χ1n) is 6.32. The van der Waals surface area contributed by atoms with E-state index in [9.17, 15) is 9.90 Å². The van der Waals surface area contributed by atoms with Gasteiger partial charge in [0.25, 0.3) is 0 Å². The average Bonchev–Trinajstić information content (AvgIpc) is 2.72. The fraction of sp³-hybridized carbons (Fsp3) is 0.286. The Morgan fingerprint density at radius 2 is 2.24 bits per heavy atom. The van der Waals surface area contributed by atoms with E-state index >= 15 is 0 Å². The minimum Gasteiger partial charge on any atom is -0.485 e. The van der Waals surface area contributed by atoms with Crippen LogP contribution in [0.15, 0.2) is 22.7 Å². The van der Waals surface area contributed by atoms with Crippen molar-refractivity contribution in [2.45, 2.75) is 27.0 Å². The second-order valence-corrected chi connectivity index (χ2v) is 5.60. The monoisotopic (exact) mass is 372 g/mol. The van der Waals surface area contributed by atoms with Gasteiger partial charge < -0.3 is 9.84 Å². The molecule has 2 rings (SSSR count). The molecule has 0 unspecified atom stereocenters. The number of para-hydroxylation sites is 1. The quantitative estimate of drug-likeness (QED) is 0.863. The van der Waals surface area contributed by atoms with Crippen LogP contribution in [0.3, 0.4) is 0 Å². The van der Waals surface area contributed by atoms with E-state index < -0.39 is 5.97 Å². The molecule has 1 heterocycles. The third kappa shape index (κ3) is 3.22. The number of aromatic carboxylic acids is 1. The molecule has 0 aliphatic carbocycles. The van der Waals surface area contributed by atoms with E-state index in [1.807, 2.05) is 13.8 Å². The fourth-order valence-corrected chi connectivity index (χ4v) is 2.64. The Kier molecular flexibility index (Phi) is 4.90. The Morgan fingerprint density at radius 1 is 1.52 bits per heavy atom. The molecule has 0 fully saturated rings. The minimum atomic E-state index is -1.04. The van der Waals surface area contributed by atoms with Crippen LogP contribution in [-0.4, -0.2) is 20.9 Å². The van der Waals surface area contributed by atoms with Gasteiger partial charge in [0.1, 0.15) is 17.9 Å². The lowest BCUT2D eigenvalue weighted by molar-refractivity contribution is 0.0691. The van der Waals surface area contributed by atoms with Crippen LogP contribution in [0.1, 0.15) is 28.7 Å². The summed E-state index contributed by atoms with van der Waals surface area (Å²) >= 11 is 9.51. The molecule has 0 amide bonds. The van der Waals surface area contributed by atoms with E-state index in [4.69, 9.17) is 16.3 Å². The molecule has 2 aromatic rings. The van der Waals surface area contributed by atoms with Crippen molar-refractivity contribution in [1.82, 2.24) is 9.78 Å². The lowest BCUT2D eigenvalue weighted by Crippen LogP contribution is -2.09. The molecule has 0 saturated heterocycles. The lowest BCUT2D eigenvalue weighted by atomic mass is 10.2. The SMILES string of the molecule is CCn1nc(C)c(Cl)c1COc1c(Br)cccc1C(=O)O. The molecule has 0 atom stereocenters. The van der Waals surface area contributed by atoms with Gasteiger partial charge in [-0.2, -0.15) is 5.10 Å². The van der Waals surface area contributed by atoms with Gasteiger partial charge in [-0.1, -0.05) is 17.7 Å². The van der Waals surface area contributed by atoms with Crippen LogP contribution < -0.4 is 4.74 Å². The topological polar surface area (TPSA) is 64.4 Å². The molecule has 0 radical (unpaired) electrons. The van der Waals surface area contributed by atoms with Crippen molar-refractivity contribution in [3.05, 3.63) is 44.6 Å². The van der Waals surface area contributed by atoms with Crippen LogP contribution in [0.2, 0.25) is 5.02 Å². The van der Waals surface area contributed by atoms with E-state index in [-0.39, 0.29) is 17.9 Å². The molecule has 0 aliphatic heterocycles.